The molecule has 27 heavy (non-hydrogen) atoms. The van der Waals surface area contributed by atoms with Crippen LogP contribution in [-0.4, -0.2) is 29.7 Å². The number of benzene rings is 1. The monoisotopic (exact) mass is 384 g/mol. The highest BCUT2D eigenvalue weighted by atomic mass is 32.1. The van der Waals surface area contributed by atoms with E-state index in [2.05, 4.69) is 28.4 Å². The Balaban J connectivity index is 1.47. The van der Waals surface area contributed by atoms with E-state index in [1.165, 1.54) is 36.2 Å². The Kier molecular flexibility index (Phi) is 7.18. The molecule has 144 valence electrons. The van der Waals surface area contributed by atoms with Gasteiger partial charge < -0.3 is 5.32 Å². The zero-order valence-electron chi connectivity index (χ0n) is 16.0. The van der Waals surface area contributed by atoms with Crippen LogP contribution < -0.4 is 5.32 Å². The molecule has 0 radical (unpaired) electrons. The molecule has 0 atom stereocenters. The number of likely N-dealkylation sites (tertiary alicyclic amines) is 1. The Labute approximate surface area is 165 Å². The summed E-state index contributed by atoms with van der Waals surface area (Å²) in [6.07, 6.45) is 4.39. The van der Waals surface area contributed by atoms with Crippen LogP contribution in [-0.2, 0) is 17.9 Å². The van der Waals surface area contributed by atoms with Crippen molar-refractivity contribution in [1.29, 1.82) is 0 Å². The third-order valence-electron chi connectivity index (χ3n) is 5.03. The number of nitrogens with one attached hydrogen (secondary N) is 1. The summed E-state index contributed by atoms with van der Waals surface area (Å²) in [5.41, 5.74) is 2.45. The minimum Gasteiger partial charge on any atom is -0.352 e. The van der Waals surface area contributed by atoms with Gasteiger partial charge in [-0.3, -0.25) is 14.5 Å². The summed E-state index contributed by atoms with van der Waals surface area (Å²) in [5.74, 6) is -0.0156. The lowest BCUT2D eigenvalue weighted by Gasteiger charge is -2.27. The molecule has 1 aromatic carbocycles. The maximum absolute atomic E-state index is 12.2. The SMILES string of the molecule is Cc1ccc(C(=O)CCC(=O)NCc2ccccc2CN2CCCCC2)s1. The molecule has 1 aliphatic rings. The summed E-state index contributed by atoms with van der Waals surface area (Å²) in [6.45, 7) is 5.77. The molecular weight excluding hydrogens is 356 g/mol. The molecule has 3 rings (SSSR count). The van der Waals surface area contributed by atoms with Crippen LogP contribution in [0, 0.1) is 6.92 Å². The van der Waals surface area contributed by atoms with E-state index >= 15 is 0 Å². The van der Waals surface area contributed by atoms with Gasteiger partial charge in [0, 0.05) is 30.8 Å². The van der Waals surface area contributed by atoms with Gasteiger partial charge in [-0.25, -0.2) is 0 Å². The van der Waals surface area contributed by atoms with E-state index in [0.717, 1.165) is 35.0 Å². The second-order valence-electron chi connectivity index (χ2n) is 7.22. The van der Waals surface area contributed by atoms with Gasteiger partial charge in [-0.1, -0.05) is 30.7 Å². The Bertz CT molecular complexity index is 778. The number of nitrogens with zero attached hydrogens (tertiary/aromatic N) is 1. The average Bonchev–Trinajstić information content (AvgIpc) is 3.13. The Morgan fingerprint density at radius 2 is 1.74 bits per heavy atom. The van der Waals surface area contributed by atoms with Gasteiger partial charge in [0.15, 0.2) is 5.78 Å². The van der Waals surface area contributed by atoms with E-state index in [-0.39, 0.29) is 24.5 Å². The number of amides is 1. The number of thiophene rings is 1. The van der Waals surface area contributed by atoms with Gasteiger partial charge >= 0.3 is 0 Å². The Morgan fingerprint density at radius 3 is 2.44 bits per heavy atom. The predicted molar refractivity (Wildman–Crippen MR) is 110 cm³/mol. The van der Waals surface area contributed by atoms with Crippen LogP contribution in [0.5, 0.6) is 0 Å². The molecule has 1 amide bonds. The fourth-order valence-electron chi connectivity index (χ4n) is 3.46. The number of hydrogen-bond donors (Lipinski definition) is 1. The largest absolute Gasteiger partial charge is 0.352 e. The fraction of sp³-hybridized carbons (Fsp3) is 0.455. The van der Waals surface area contributed by atoms with Crippen molar-refractivity contribution in [1.82, 2.24) is 10.2 Å². The highest BCUT2D eigenvalue weighted by Gasteiger charge is 2.14. The molecular formula is C22H28N2O2S. The van der Waals surface area contributed by atoms with E-state index < -0.39 is 0 Å². The molecule has 0 spiro atoms. The summed E-state index contributed by atoms with van der Waals surface area (Å²) in [7, 11) is 0. The maximum atomic E-state index is 12.2. The van der Waals surface area contributed by atoms with Crippen molar-refractivity contribution >= 4 is 23.0 Å². The summed E-state index contributed by atoms with van der Waals surface area (Å²) < 4.78 is 0. The standard InChI is InChI=1S/C22H28N2O2S/c1-17-9-11-21(27-17)20(25)10-12-22(26)23-15-18-7-3-4-8-19(18)16-24-13-5-2-6-14-24/h3-4,7-9,11H,2,5-6,10,12-16H2,1H3,(H,23,26). The zero-order valence-corrected chi connectivity index (χ0v) is 16.8. The summed E-state index contributed by atoms with van der Waals surface area (Å²) in [6, 6.07) is 12.1. The highest BCUT2D eigenvalue weighted by molar-refractivity contribution is 7.14. The number of carbonyl (C=O) groups is 2. The Morgan fingerprint density at radius 1 is 1.00 bits per heavy atom. The van der Waals surface area contributed by atoms with Crippen LogP contribution in [0.4, 0.5) is 0 Å². The fourth-order valence-corrected chi connectivity index (χ4v) is 4.29. The van der Waals surface area contributed by atoms with Gasteiger partial charge in [0.2, 0.25) is 5.91 Å². The highest BCUT2D eigenvalue weighted by Crippen LogP contribution is 2.18. The number of rotatable bonds is 8. The predicted octanol–water partition coefficient (Wildman–Crippen LogP) is 4.32. The molecule has 1 saturated heterocycles. The van der Waals surface area contributed by atoms with Crippen molar-refractivity contribution in [3.05, 3.63) is 57.3 Å². The van der Waals surface area contributed by atoms with Crippen molar-refractivity contribution in [3.63, 3.8) is 0 Å². The number of carbonyl (C=O) groups excluding carboxylic acids is 2. The van der Waals surface area contributed by atoms with Gasteiger partial charge in [0.1, 0.15) is 0 Å². The van der Waals surface area contributed by atoms with Gasteiger partial charge in [-0.05, 0) is 56.1 Å². The lowest BCUT2D eigenvalue weighted by atomic mass is 10.0. The minimum absolute atomic E-state index is 0.0498. The molecule has 4 nitrogen and oxygen atoms in total. The lowest BCUT2D eigenvalue weighted by Crippen LogP contribution is -2.30. The maximum Gasteiger partial charge on any atom is 0.220 e. The molecule has 5 heteroatoms. The van der Waals surface area contributed by atoms with Crippen LogP contribution in [0.25, 0.3) is 0 Å². The normalized spacial score (nSPS) is 14.9. The van der Waals surface area contributed by atoms with E-state index in [1.54, 1.807) is 0 Å². The lowest BCUT2D eigenvalue weighted by molar-refractivity contribution is -0.121. The molecule has 0 unspecified atom stereocenters. The first-order chi connectivity index (χ1) is 13.1. The zero-order chi connectivity index (χ0) is 19.1. The van der Waals surface area contributed by atoms with Gasteiger partial charge in [-0.15, -0.1) is 11.3 Å². The van der Waals surface area contributed by atoms with E-state index in [4.69, 9.17) is 0 Å². The first-order valence-electron chi connectivity index (χ1n) is 9.77. The molecule has 1 N–H and O–H groups in total. The van der Waals surface area contributed by atoms with Crippen LogP contribution in [0.15, 0.2) is 36.4 Å². The Hall–Kier alpha value is -1.98. The number of Topliss-reactive ketones (excluding diaryl/α,β-unsaturated/α-hetero) is 1. The second kappa shape index (κ2) is 9.81. The van der Waals surface area contributed by atoms with Crippen LogP contribution >= 0.6 is 11.3 Å². The average molecular weight is 385 g/mol. The van der Waals surface area contributed by atoms with Crippen LogP contribution in [0.3, 0.4) is 0 Å². The first kappa shape index (κ1) is 19.8. The summed E-state index contributed by atoms with van der Waals surface area (Å²) in [5, 5.41) is 2.98. The van der Waals surface area contributed by atoms with Crippen molar-refractivity contribution in [2.24, 2.45) is 0 Å². The summed E-state index contributed by atoms with van der Waals surface area (Å²) in [4.78, 5) is 28.7. The van der Waals surface area contributed by atoms with E-state index in [1.807, 2.05) is 25.1 Å². The van der Waals surface area contributed by atoms with Crippen molar-refractivity contribution in [2.75, 3.05) is 13.1 Å². The van der Waals surface area contributed by atoms with Crippen molar-refractivity contribution in [2.45, 2.75) is 52.1 Å². The first-order valence-corrected chi connectivity index (χ1v) is 10.6. The summed E-state index contributed by atoms with van der Waals surface area (Å²) >= 11 is 1.49. The van der Waals surface area contributed by atoms with E-state index in [9.17, 15) is 9.59 Å². The van der Waals surface area contributed by atoms with Gasteiger partial charge in [0.25, 0.3) is 0 Å². The third kappa shape index (κ3) is 6.01. The minimum atomic E-state index is -0.0654. The van der Waals surface area contributed by atoms with Gasteiger partial charge in [-0.2, -0.15) is 0 Å². The van der Waals surface area contributed by atoms with Gasteiger partial charge in [0.05, 0.1) is 4.88 Å². The molecule has 2 aromatic rings. The molecule has 0 saturated carbocycles. The molecule has 0 bridgehead atoms. The quantitative estimate of drug-likeness (QED) is 0.690. The molecule has 2 heterocycles. The van der Waals surface area contributed by atoms with Crippen molar-refractivity contribution < 1.29 is 9.59 Å². The smallest absolute Gasteiger partial charge is 0.220 e. The molecule has 0 aliphatic carbocycles. The van der Waals surface area contributed by atoms with Crippen LogP contribution in [0.2, 0.25) is 0 Å². The second-order valence-corrected chi connectivity index (χ2v) is 8.50. The molecule has 1 fully saturated rings. The van der Waals surface area contributed by atoms with Crippen molar-refractivity contribution in [3.8, 4) is 0 Å². The molecule has 1 aliphatic heterocycles. The topological polar surface area (TPSA) is 49.4 Å². The number of piperidine rings is 1. The number of hydrogen-bond acceptors (Lipinski definition) is 4. The molecule has 1 aromatic heterocycles. The van der Waals surface area contributed by atoms with Crippen LogP contribution in [0.1, 0.15) is 57.8 Å². The number of aryl methyl sites for hydroxylation is 1. The number of ketones is 1. The third-order valence-corrected chi connectivity index (χ3v) is 6.07. The van der Waals surface area contributed by atoms with E-state index in [0.29, 0.717) is 6.54 Å².